The smallest absolute Gasteiger partial charge is 0.316 e. The summed E-state index contributed by atoms with van der Waals surface area (Å²) in [6, 6.07) is 6.68. The van der Waals surface area contributed by atoms with Crippen LogP contribution in [0.1, 0.15) is 17.3 Å². The summed E-state index contributed by atoms with van der Waals surface area (Å²) < 4.78 is 9.52. The van der Waals surface area contributed by atoms with E-state index in [2.05, 4.69) is 4.74 Å². The van der Waals surface area contributed by atoms with Crippen molar-refractivity contribution in [3.05, 3.63) is 29.8 Å². The molecule has 0 aliphatic carbocycles. The Bertz CT molecular complexity index is 398. The molecule has 1 aromatic rings. The van der Waals surface area contributed by atoms with Crippen molar-refractivity contribution in [3.63, 3.8) is 0 Å². The summed E-state index contributed by atoms with van der Waals surface area (Å²) in [6.07, 6.45) is 0. The van der Waals surface area contributed by atoms with E-state index in [9.17, 15) is 9.59 Å². The fraction of sp³-hybridized carbons (Fsp3) is 0.333. The molecule has 0 spiro atoms. The average molecular weight is 222 g/mol. The second-order valence-corrected chi connectivity index (χ2v) is 3.34. The first-order valence-electron chi connectivity index (χ1n) is 4.86. The molecule has 0 N–H and O–H groups in total. The van der Waals surface area contributed by atoms with Gasteiger partial charge >= 0.3 is 5.97 Å². The maximum atomic E-state index is 11.9. The summed E-state index contributed by atoms with van der Waals surface area (Å²) in [5.74, 6) is -1.02. The number of carbonyl (C=O) groups is 2. The molecule has 0 unspecified atom stereocenters. The third kappa shape index (κ3) is 2.59. The van der Waals surface area contributed by atoms with E-state index in [0.717, 1.165) is 0 Å². The lowest BCUT2D eigenvalue weighted by Crippen LogP contribution is -2.22. The van der Waals surface area contributed by atoms with Gasteiger partial charge in [0.2, 0.25) is 0 Å². The molecule has 0 aromatic heterocycles. The summed E-state index contributed by atoms with van der Waals surface area (Å²) in [7, 11) is 2.78. The third-order valence-electron chi connectivity index (χ3n) is 2.30. The van der Waals surface area contributed by atoms with Gasteiger partial charge in [0.15, 0.2) is 5.78 Å². The molecule has 0 bridgehead atoms. The summed E-state index contributed by atoms with van der Waals surface area (Å²) in [5, 5.41) is 0. The van der Waals surface area contributed by atoms with Gasteiger partial charge in [0, 0.05) is 5.56 Å². The predicted octanol–water partition coefficient (Wildman–Crippen LogP) is 1.69. The third-order valence-corrected chi connectivity index (χ3v) is 2.30. The molecule has 1 atom stereocenters. The van der Waals surface area contributed by atoms with Crippen LogP contribution in [0.4, 0.5) is 0 Å². The predicted molar refractivity (Wildman–Crippen MR) is 58.5 cm³/mol. The Kier molecular flexibility index (Phi) is 4.05. The summed E-state index contributed by atoms with van der Waals surface area (Å²) in [4.78, 5) is 23.1. The monoisotopic (exact) mass is 222 g/mol. The molecule has 1 rings (SSSR count). The van der Waals surface area contributed by atoms with Gasteiger partial charge in [-0.1, -0.05) is 12.1 Å². The normalized spacial score (nSPS) is 11.7. The highest BCUT2D eigenvalue weighted by atomic mass is 16.5. The van der Waals surface area contributed by atoms with Crippen LogP contribution in [0.3, 0.4) is 0 Å². The fourth-order valence-corrected chi connectivity index (χ4v) is 1.31. The number of ether oxygens (including phenoxy) is 2. The second-order valence-electron chi connectivity index (χ2n) is 3.34. The van der Waals surface area contributed by atoms with Gasteiger partial charge in [0.05, 0.1) is 14.2 Å². The average Bonchev–Trinajstić information content (AvgIpc) is 2.36. The van der Waals surface area contributed by atoms with Crippen molar-refractivity contribution in [3.8, 4) is 5.75 Å². The molecule has 16 heavy (non-hydrogen) atoms. The van der Waals surface area contributed by atoms with Crippen molar-refractivity contribution in [1.82, 2.24) is 0 Å². The highest BCUT2D eigenvalue weighted by molar-refractivity contribution is 6.08. The molecule has 0 amide bonds. The molecule has 4 nitrogen and oxygen atoms in total. The number of hydrogen-bond donors (Lipinski definition) is 0. The van der Waals surface area contributed by atoms with Gasteiger partial charge in [-0.2, -0.15) is 0 Å². The SMILES string of the molecule is COC(=O)[C@H](C)C(=O)c1cccc(OC)c1. The Balaban J connectivity index is 2.91. The van der Waals surface area contributed by atoms with Crippen LogP contribution < -0.4 is 4.74 Å². The summed E-state index contributed by atoms with van der Waals surface area (Å²) in [6.45, 7) is 1.52. The Labute approximate surface area is 94.2 Å². The van der Waals surface area contributed by atoms with Crippen molar-refractivity contribution < 1.29 is 19.1 Å². The van der Waals surface area contributed by atoms with Gasteiger partial charge in [-0.15, -0.1) is 0 Å². The van der Waals surface area contributed by atoms with E-state index in [-0.39, 0.29) is 5.78 Å². The van der Waals surface area contributed by atoms with Crippen LogP contribution in [0.25, 0.3) is 0 Å². The largest absolute Gasteiger partial charge is 0.497 e. The second kappa shape index (κ2) is 5.30. The number of hydrogen-bond acceptors (Lipinski definition) is 4. The van der Waals surface area contributed by atoms with Gasteiger partial charge in [0.25, 0.3) is 0 Å². The van der Waals surface area contributed by atoms with E-state index in [0.29, 0.717) is 11.3 Å². The minimum atomic E-state index is -0.794. The number of ketones is 1. The molecule has 0 heterocycles. The van der Waals surface area contributed by atoms with E-state index < -0.39 is 11.9 Å². The zero-order valence-electron chi connectivity index (χ0n) is 9.52. The first kappa shape index (κ1) is 12.2. The maximum absolute atomic E-state index is 11.9. The van der Waals surface area contributed by atoms with Gasteiger partial charge < -0.3 is 9.47 Å². The summed E-state index contributed by atoms with van der Waals surface area (Å²) in [5.41, 5.74) is 0.442. The molecule has 4 heteroatoms. The number of carbonyl (C=O) groups excluding carboxylic acids is 2. The Morgan fingerprint density at radius 3 is 2.50 bits per heavy atom. The number of esters is 1. The molecular formula is C12H14O4. The van der Waals surface area contributed by atoms with Crippen LogP contribution in [0.2, 0.25) is 0 Å². The first-order chi connectivity index (χ1) is 7.60. The zero-order valence-corrected chi connectivity index (χ0v) is 9.52. The number of benzene rings is 1. The molecule has 0 saturated carbocycles. The summed E-state index contributed by atoms with van der Waals surface area (Å²) >= 11 is 0. The topological polar surface area (TPSA) is 52.6 Å². The van der Waals surface area contributed by atoms with E-state index in [1.54, 1.807) is 24.3 Å². The molecule has 0 aliphatic heterocycles. The van der Waals surface area contributed by atoms with E-state index in [1.165, 1.54) is 21.1 Å². The molecule has 0 fully saturated rings. The molecule has 0 saturated heterocycles. The molecule has 1 aromatic carbocycles. The Morgan fingerprint density at radius 1 is 1.25 bits per heavy atom. The van der Waals surface area contributed by atoms with Crippen LogP contribution >= 0.6 is 0 Å². The quantitative estimate of drug-likeness (QED) is 0.442. The highest BCUT2D eigenvalue weighted by Gasteiger charge is 2.23. The van der Waals surface area contributed by atoms with Crippen molar-refractivity contribution in [2.24, 2.45) is 5.92 Å². The van der Waals surface area contributed by atoms with Crippen LogP contribution in [0.5, 0.6) is 5.75 Å². The van der Waals surface area contributed by atoms with Crippen LogP contribution in [-0.4, -0.2) is 26.0 Å². The number of Topliss-reactive ketones (excluding diaryl/α,β-unsaturated/α-hetero) is 1. The van der Waals surface area contributed by atoms with Crippen LogP contribution in [0, 0.1) is 5.92 Å². The van der Waals surface area contributed by atoms with E-state index >= 15 is 0 Å². The first-order valence-corrected chi connectivity index (χ1v) is 4.86. The number of methoxy groups -OCH3 is 2. The van der Waals surface area contributed by atoms with Gasteiger partial charge in [-0.05, 0) is 19.1 Å². The van der Waals surface area contributed by atoms with Crippen molar-refractivity contribution in [1.29, 1.82) is 0 Å². The molecular weight excluding hydrogens is 208 g/mol. The van der Waals surface area contributed by atoms with Gasteiger partial charge in [-0.3, -0.25) is 9.59 Å². The minimum absolute atomic E-state index is 0.272. The standard InChI is InChI=1S/C12H14O4/c1-8(12(14)16-3)11(13)9-5-4-6-10(7-9)15-2/h4-8H,1-3H3/t8-/m1/s1. The lowest BCUT2D eigenvalue weighted by Gasteiger charge is -2.08. The lowest BCUT2D eigenvalue weighted by molar-refractivity contribution is -0.143. The molecule has 86 valence electrons. The van der Waals surface area contributed by atoms with Gasteiger partial charge in [0.1, 0.15) is 11.7 Å². The zero-order chi connectivity index (χ0) is 12.1. The van der Waals surface area contributed by atoms with E-state index in [1.807, 2.05) is 0 Å². The van der Waals surface area contributed by atoms with Crippen LogP contribution in [-0.2, 0) is 9.53 Å². The van der Waals surface area contributed by atoms with Gasteiger partial charge in [-0.25, -0.2) is 0 Å². The lowest BCUT2D eigenvalue weighted by atomic mass is 9.99. The Morgan fingerprint density at radius 2 is 1.94 bits per heavy atom. The number of rotatable bonds is 4. The van der Waals surface area contributed by atoms with Crippen LogP contribution in [0.15, 0.2) is 24.3 Å². The fourth-order valence-electron chi connectivity index (χ4n) is 1.31. The van der Waals surface area contributed by atoms with E-state index in [4.69, 9.17) is 4.74 Å². The maximum Gasteiger partial charge on any atom is 0.316 e. The van der Waals surface area contributed by atoms with Crippen molar-refractivity contribution in [2.45, 2.75) is 6.92 Å². The Hall–Kier alpha value is -1.84. The highest BCUT2D eigenvalue weighted by Crippen LogP contribution is 2.16. The molecule has 0 aliphatic rings. The van der Waals surface area contributed by atoms with Crippen molar-refractivity contribution in [2.75, 3.05) is 14.2 Å². The van der Waals surface area contributed by atoms with Crippen molar-refractivity contribution >= 4 is 11.8 Å². The minimum Gasteiger partial charge on any atom is -0.497 e. The molecule has 0 radical (unpaired) electrons.